The van der Waals surface area contributed by atoms with E-state index < -0.39 is 17.9 Å². The lowest BCUT2D eigenvalue weighted by Gasteiger charge is -2.32. The standard InChI is InChI=1S/C24H32FN7O2/c1-15(2)32-20-11-17(27-12-18(20)22(29-32)31-9-6-24(3,34)14-31)10-16-4-7-26-23(28-16)30-8-5-21(33)19(25)13-30/h4,7,11-12,15,19,21,33-34H,5-6,8-10,13-14H2,1-3H3/t19-,21+,24?/m0/s1. The van der Waals surface area contributed by atoms with Crippen LogP contribution in [0.4, 0.5) is 16.2 Å². The smallest absolute Gasteiger partial charge is 0.225 e. The lowest BCUT2D eigenvalue weighted by molar-refractivity contribution is 0.0611. The van der Waals surface area contributed by atoms with Crippen molar-refractivity contribution >= 4 is 22.7 Å². The molecule has 2 aliphatic heterocycles. The number of hydrogen-bond acceptors (Lipinski definition) is 8. The van der Waals surface area contributed by atoms with Gasteiger partial charge in [0.15, 0.2) is 5.82 Å². The molecule has 9 nitrogen and oxygen atoms in total. The number of aromatic nitrogens is 5. The van der Waals surface area contributed by atoms with E-state index in [4.69, 9.17) is 10.1 Å². The van der Waals surface area contributed by atoms with E-state index in [-0.39, 0.29) is 12.6 Å². The second-order valence-electron chi connectivity index (χ2n) is 10.1. The summed E-state index contributed by atoms with van der Waals surface area (Å²) in [5.41, 5.74) is 1.95. The topological polar surface area (TPSA) is 103 Å². The van der Waals surface area contributed by atoms with Gasteiger partial charge in [-0.05, 0) is 45.7 Å². The number of hydrogen-bond donors (Lipinski definition) is 2. The Labute approximate surface area is 198 Å². The van der Waals surface area contributed by atoms with Gasteiger partial charge in [-0.15, -0.1) is 0 Å². The number of β-amino-alcohol motifs (C(OH)–C–C–N with tert-alkyl or cyclic N) is 1. The van der Waals surface area contributed by atoms with E-state index in [2.05, 4.69) is 34.8 Å². The highest BCUT2D eigenvalue weighted by Crippen LogP contribution is 2.33. The van der Waals surface area contributed by atoms with Crippen LogP contribution in [0.1, 0.15) is 51.0 Å². The van der Waals surface area contributed by atoms with Crippen LogP contribution in [0.2, 0.25) is 0 Å². The molecule has 0 amide bonds. The van der Waals surface area contributed by atoms with Crippen LogP contribution in [0, 0.1) is 0 Å². The van der Waals surface area contributed by atoms with E-state index >= 15 is 0 Å². The molecule has 0 radical (unpaired) electrons. The Morgan fingerprint density at radius 3 is 2.74 bits per heavy atom. The van der Waals surface area contributed by atoms with Crippen molar-refractivity contribution in [2.45, 2.75) is 64.0 Å². The van der Waals surface area contributed by atoms with E-state index in [1.807, 2.05) is 23.9 Å². The number of aliphatic hydroxyl groups is 2. The summed E-state index contributed by atoms with van der Waals surface area (Å²) >= 11 is 0. The minimum atomic E-state index is -1.30. The molecular formula is C24H32FN7O2. The first-order valence-electron chi connectivity index (χ1n) is 11.9. The molecule has 5 rings (SSSR count). The Bertz CT molecular complexity index is 1180. The molecule has 182 valence electrons. The third kappa shape index (κ3) is 4.44. The molecule has 3 aromatic rings. The van der Waals surface area contributed by atoms with E-state index in [1.54, 1.807) is 11.1 Å². The maximum Gasteiger partial charge on any atom is 0.225 e. The van der Waals surface area contributed by atoms with Crippen molar-refractivity contribution in [3.05, 3.63) is 35.9 Å². The number of nitrogens with zero attached hydrogens (tertiary/aromatic N) is 7. The molecule has 5 heterocycles. The van der Waals surface area contributed by atoms with Gasteiger partial charge in [-0.25, -0.2) is 14.4 Å². The Morgan fingerprint density at radius 1 is 1.21 bits per heavy atom. The van der Waals surface area contributed by atoms with E-state index in [9.17, 15) is 14.6 Å². The first kappa shape index (κ1) is 22.9. The van der Waals surface area contributed by atoms with Crippen LogP contribution in [0.15, 0.2) is 24.5 Å². The van der Waals surface area contributed by atoms with Gasteiger partial charge in [0, 0.05) is 50.2 Å². The first-order chi connectivity index (χ1) is 16.2. The SMILES string of the molecule is CC(C)n1nc(N2CCC(C)(O)C2)c2cnc(Cc3ccnc(N4CC[C@@H](O)[C@@H](F)C4)n3)cc21. The number of anilines is 2. The zero-order valence-electron chi connectivity index (χ0n) is 19.9. The van der Waals surface area contributed by atoms with Crippen molar-refractivity contribution in [3.8, 4) is 0 Å². The quantitative estimate of drug-likeness (QED) is 0.587. The molecule has 2 aliphatic rings. The van der Waals surface area contributed by atoms with Gasteiger partial charge >= 0.3 is 0 Å². The van der Waals surface area contributed by atoms with Crippen LogP contribution < -0.4 is 9.80 Å². The third-order valence-electron chi connectivity index (χ3n) is 6.72. The molecule has 3 aromatic heterocycles. The lowest BCUT2D eigenvalue weighted by atomic mass is 10.1. The average Bonchev–Trinajstić information content (AvgIpc) is 3.35. The highest BCUT2D eigenvalue weighted by atomic mass is 19.1. The number of fused-ring (bicyclic) bond motifs is 1. The van der Waals surface area contributed by atoms with Crippen molar-refractivity contribution in [3.63, 3.8) is 0 Å². The minimum absolute atomic E-state index is 0.0918. The summed E-state index contributed by atoms with van der Waals surface area (Å²) in [5, 5.41) is 25.9. The number of pyridine rings is 1. The monoisotopic (exact) mass is 469 g/mol. The number of alkyl halides is 1. The van der Waals surface area contributed by atoms with E-state index in [0.717, 1.165) is 34.7 Å². The summed E-state index contributed by atoms with van der Waals surface area (Å²) in [4.78, 5) is 17.6. The molecule has 0 bridgehead atoms. The van der Waals surface area contributed by atoms with Gasteiger partial charge in [-0.2, -0.15) is 5.10 Å². The zero-order chi connectivity index (χ0) is 24.0. The average molecular weight is 470 g/mol. The summed E-state index contributed by atoms with van der Waals surface area (Å²) in [7, 11) is 0. The summed E-state index contributed by atoms with van der Waals surface area (Å²) in [6, 6.07) is 4.07. The van der Waals surface area contributed by atoms with Crippen LogP contribution >= 0.6 is 0 Å². The Balaban J connectivity index is 1.41. The Morgan fingerprint density at radius 2 is 2.03 bits per heavy atom. The van der Waals surface area contributed by atoms with E-state index in [1.165, 1.54) is 0 Å². The fraction of sp³-hybridized carbons (Fsp3) is 0.583. The molecule has 10 heteroatoms. The predicted molar refractivity (Wildman–Crippen MR) is 128 cm³/mol. The summed E-state index contributed by atoms with van der Waals surface area (Å²) in [6.45, 7) is 7.98. The van der Waals surface area contributed by atoms with Gasteiger partial charge in [0.2, 0.25) is 5.95 Å². The van der Waals surface area contributed by atoms with Crippen LogP contribution in [0.3, 0.4) is 0 Å². The molecule has 2 fully saturated rings. The summed E-state index contributed by atoms with van der Waals surface area (Å²) in [6.07, 6.45) is 2.92. The van der Waals surface area contributed by atoms with Crippen molar-refractivity contribution < 1.29 is 14.6 Å². The lowest BCUT2D eigenvalue weighted by Crippen LogP contribution is -2.45. The van der Waals surface area contributed by atoms with Crippen LogP contribution in [-0.2, 0) is 6.42 Å². The van der Waals surface area contributed by atoms with Crippen molar-refractivity contribution in [1.82, 2.24) is 24.7 Å². The predicted octanol–water partition coefficient (Wildman–Crippen LogP) is 2.26. The minimum Gasteiger partial charge on any atom is -0.390 e. The number of rotatable bonds is 5. The molecule has 34 heavy (non-hydrogen) atoms. The van der Waals surface area contributed by atoms with Gasteiger partial charge in [-0.3, -0.25) is 9.67 Å². The Hall–Kier alpha value is -2.85. The molecular weight excluding hydrogens is 437 g/mol. The van der Waals surface area contributed by atoms with Gasteiger partial charge in [0.25, 0.3) is 0 Å². The van der Waals surface area contributed by atoms with Crippen LogP contribution in [-0.4, -0.2) is 79.0 Å². The van der Waals surface area contributed by atoms with Crippen LogP contribution in [0.5, 0.6) is 0 Å². The van der Waals surface area contributed by atoms with Gasteiger partial charge in [-0.1, -0.05) is 0 Å². The largest absolute Gasteiger partial charge is 0.390 e. The third-order valence-corrected chi connectivity index (χ3v) is 6.72. The molecule has 2 N–H and O–H groups in total. The second-order valence-corrected chi connectivity index (χ2v) is 10.1. The molecule has 3 atom stereocenters. The normalized spacial score (nSPS) is 25.6. The number of halogens is 1. The van der Waals surface area contributed by atoms with Gasteiger partial charge in [0.05, 0.1) is 34.8 Å². The maximum atomic E-state index is 14.0. The molecule has 0 saturated carbocycles. The fourth-order valence-electron chi connectivity index (χ4n) is 4.80. The van der Waals surface area contributed by atoms with Crippen LogP contribution in [0.25, 0.3) is 10.9 Å². The summed E-state index contributed by atoms with van der Waals surface area (Å²) in [5.74, 6) is 1.33. The molecule has 0 aliphatic carbocycles. The number of aliphatic hydroxyl groups excluding tert-OH is 1. The highest BCUT2D eigenvalue weighted by Gasteiger charge is 2.34. The van der Waals surface area contributed by atoms with E-state index in [0.29, 0.717) is 38.3 Å². The van der Waals surface area contributed by atoms with Crippen molar-refractivity contribution in [1.29, 1.82) is 0 Å². The highest BCUT2D eigenvalue weighted by molar-refractivity contribution is 5.90. The molecule has 1 unspecified atom stereocenters. The summed E-state index contributed by atoms with van der Waals surface area (Å²) < 4.78 is 16.0. The maximum absolute atomic E-state index is 14.0. The van der Waals surface area contributed by atoms with Gasteiger partial charge < -0.3 is 20.0 Å². The zero-order valence-corrected chi connectivity index (χ0v) is 19.9. The molecule has 0 aromatic carbocycles. The fourth-order valence-corrected chi connectivity index (χ4v) is 4.80. The second kappa shape index (κ2) is 8.74. The number of piperidine rings is 1. The van der Waals surface area contributed by atoms with Crippen molar-refractivity contribution in [2.75, 3.05) is 36.0 Å². The van der Waals surface area contributed by atoms with Crippen molar-refractivity contribution in [2.24, 2.45) is 0 Å². The van der Waals surface area contributed by atoms with Gasteiger partial charge in [0.1, 0.15) is 6.17 Å². The molecule has 0 spiro atoms. The molecule has 2 saturated heterocycles. The Kier molecular flexibility index (Phi) is 5.89. The first-order valence-corrected chi connectivity index (χ1v) is 11.9.